The number of unbranched alkanes of at least 4 members (excludes halogenated alkanes) is 30. The Kier molecular flexibility index (Phi) is 39.9. The first kappa shape index (κ1) is 52.0. The van der Waals surface area contributed by atoms with Gasteiger partial charge in [0.1, 0.15) is 6.61 Å². The van der Waals surface area contributed by atoms with E-state index in [1.165, 1.54) is 167 Å². The molecule has 0 rings (SSSR count). The van der Waals surface area contributed by atoms with Crippen molar-refractivity contribution in [2.75, 3.05) is 26.4 Å². The first-order chi connectivity index (χ1) is 25.8. The zero-order chi connectivity index (χ0) is 38.9. The second kappa shape index (κ2) is 40.7. The van der Waals surface area contributed by atoms with E-state index in [0.29, 0.717) is 6.42 Å². The number of phosphoric ester groups is 1. The van der Waals surface area contributed by atoms with Crippen LogP contribution in [0.15, 0.2) is 0 Å². The van der Waals surface area contributed by atoms with Crippen LogP contribution in [0.5, 0.6) is 0 Å². The highest BCUT2D eigenvalue weighted by atomic mass is 31.2. The van der Waals surface area contributed by atoms with E-state index in [0.717, 1.165) is 32.1 Å². The minimum absolute atomic E-state index is 0.0581. The Morgan fingerprint density at radius 2 is 0.811 bits per heavy atom. The fraction of sp³-hybridized carbons (Fsp3) is 0.953. The van der Waals surface area contributed by atoms with Gasteiger partial charge in [-0.2, -0.15) is 0 Å². The van der Waals surface area contributed by atoms with Crippen molar-refractivity contribution in [1.29, 1.82) is 0 Å². The van der Waals surface area contributed by atoms with Crippen molar-refractivity contribution < 1.29 is 37.6 Å². The predicted octanol–water partition coefficient (Wildman–Crippen LogP) is 12.8. The molecule has 2 atom stereocenters. The number of ether oxygens (including phenoxy) is 2. The Balaban J connectivity index is 4.07. The van der Waals surface area contributed by atoms with Crippen molar-refractivity contribution in [3.63, 3.8) is 0 Å². The number of carbonyl (C=O) groups excluding carboxylic acids is 2. The summed E-state index contributed by atoms with van der Waals surface area (Å²) in [6.07, 6.45) is 39.8. The number of esters is 2. The molecule has 316 valence electrons. The summed E-state index contributed by atoms with van der Waals surface area (Å²) in [4.78, 5) is 34.9. The Morgan fingerprint density at radius 3 is 1.15 bits per heavy atom. The van der Waals surface area contributed by atoms with E-state index >= 15 is 0 Å². The molecule has 0 aliphatic heterocycles. The van der Waals surface area contributed by atoms with E-state index in [9.17, 15) is 19.0 Å². The standard InChI is InChI=1S/C43H86NO8P/c1-3-5-7-9-11-13-15-17-19-20-22-23-25-27-29-31-33-35-42(45)49-39-41(40-51-53(47,48)50-38-37-44)52-43(46)36-34-32-30-28-26-24-21-18-16-14-12-10-8-6-4-2/h41H,3-40,44H2,1-2H3,(H,47,48). The first-order valence-corrected chi connectivity index (χ1v) is 24.0. The molecule has 0 aliphatic carbocycles. The molecule has 0 saturated heterocycles. The highest BCUT2D eigenvalue weighted by molar-refractivity contribution is 7.47. The molecule has 0 aromatic rings. The van der Waals surface area contributed by atoms with Gasteiger partial charge in [0.05, 0.1) is 13.2 Å². The van der Waals surface area contributed by atoms with Gasteiger partial charge >= 0.3 is 19.8 Å². The molecule has 0 spiro atoms. The summed E-state index contributed by atoms with van der Waals surface area (Å²) in [5, 5.41) is 0. The molecule has 0 aromatic heterocycles. The van der Waals surface area contributed by atoms with Crippen LogP contribution in [-0.2, 0) is 32.7 Å². The van der Waals surface area contributed by atoms with Crippen molar-refractivity contribution in [2.24, 2.45) is 5.73 Å². The van der Waals surface area contributed by atoms with Gasteiger partial charge in [-0.15, -0.1) is 0 Å². The SMILES string of the molecule is CCCCCCCCCCCCCCCCCCCC(=O)OCC(COP(=O)(O)OCCN)OC(=O)CCCCCCCCCCCCCCCCC. The monoisotopic (exact) mass is 776 g/mol. The van der Waals surface area contributed by atoms with E-state index in [4.69, 9.17) is 24.3 Å². The lowest BCUT2D eigenvalue weighted by atomic mass is 10.0. The summed E-state index contributed by atoms with van der Waals surface area (Å²) in [5.41, 5.74) is 5.35. The van der Waals surface area contributed by atoms with Gasteiger partial charge in [0.2, 0.25) is 0 Å². The second-order valence-electron chi connectivity index (χ2n) is 15.3. The van der Waals surface area contributed by atoms with Gasteiger partial charge in [-0.3, -0.25) is 18.6 Å². The van der Waals surface area contributed by atoms with E-state index in [1.54, 1.807) is 0 Å². The molecule has 2 unspecified atom stereocenters. The lowest BCUT2D eigenvalue weighted by molar-refractivity contribution is -0.161. The summed E-state index contributed by atoms with van der Waals surface area (Å²) in [6, 6.07) is 0. The smallest absolute Gasteiger partial charge is 0.462 e. The predicted molar refractivity (Wildman–Crippen MR) is 220 cm³/mol. The first-order valence-electron chi connectivity index (χ1n) is 22.5. The van der Waals surface area contributed by atoms with Crippen LogP contribution < -0.4 is 5.73 Å². The number of nitrogens with two attached hydrogens (primary N) is 1. The largest absolute Gasteiger partial charge is 0.472 e. The summed E-state index contributed by atoms with van der Waals surface area (Å²) >= 11 is 0. The zero-order valence-electron chi connectivity index (χ0n) is 34.8. The van der Waals surface area contributed by atoms with Gasteiger partial charge in [-0.25, -0.2) is 4.57 Å². The number of carbonyl (C=O) groups is 2. The van der Waals surface area contributed by atoms with Crippen LogP contribution in [0, 0.1) is 0 Å². The summed E-state index contributed by atoms with van der Waals surface area (Å²) in [5.74, 6) is -0.811. The third kappa shape index (κ3) is 40.5. The van der Waals surface area contributed by atoms with E-state index < -0.39 is 26.5 Å². The molecule has 0 amide bonds. The van der Waals surface area contributed by atoms with Crippen molar-refractivity contribution >= 4 is 19.8 Å². The summed E-state index contributed by atoms with van der Waals surface area (Å²) in [7, 11) is -4.37. The number of phosphoric acid groups is 1. The third-order valence-corrected chi connectivity index (χ3v) is 11.0. The van der Waals surface area contributed by atoms with Gasteiger partial charge in [0, 0.05) is 19.4 Å². The molecule has 0 heterocycles. The molecule has 10 heteroatoms. The molecule has 0 aromatic carbocycles. The quantitative estimate of drug-likeness (QED) is 0.0352. The summed E-state index contributed by atoms with van der Waals surface area (Å²) < 4.78 is 32.8. The van der Waals surface area contributed by atoms with Gasteiger partial charge in [0.25, 0.3) is 0 Å². The van der Waals surface area contributed by atoms with Crippen LogP contribution in [0.4, 0.5) is 0 Å². The maximum atomic E-state index is 12.6. The number of rotatable bonds is 43. The van der Waals surface area contributed by atoms with Gasteiger partial charge in [0.15, 0.2) is 6.10 Å². The minimum atomic E-state index is -4.37. The van der Waals surface area contributed by atoms with Gasteiger partial charge in [-0.05, 0) is 12.8 Å². The minimum Gasteiger partial charge on any atom is -0.462 e. The molecule has 53 heavy (non-hydrogen) atoms. The fourth-order valence-corrected chi connectivity index (χ4v) is 7.40. The lowest BCUT2D eigenvalue weighted by Crippen LogP contribution is -2.29. The molecule has 3 N–H and O–H groups in total. The normalized spacial score (nSPS) is 13.2. The van der Waals surface area contributed by atoms with E-state index in [-0.39, 0.29) is 38.6 Å². The average Bonchev–Trinajstić information content (AvgIpc) is 3.14. The molecule has 0 radical (unpaired) electrons. The Labute approximate surface area is 327 Å². The van der Waals surface area contributed by atoms with Crippen LogP contribution in [0.3, 0.4) is 0 Å². The summed E-state index contributed by atoms with van der Waals surface area (Å²) in [6.45, 7) is 3.78. The second-order valence-corrected chi connectivity index (χ2v) is 16.7. The number of hydrogen-bond donors (Lipinski definition) is 2. The molecule has 0 aliphatic rings. The van der Waals surface area contributed by atoms with Crippen molar-refractivity contribution in [3.8, 4) is 0 Å². The third-order valence-electron chi connectivity index (χ3n) is 9.99. The molecule has 9 nitrogen and oxygen atoms in total. The highest BCUT2D eigenvalue weighted by Gasteiger charge is 2.26. The average molecular weight is 776 g/mol. The van der Waals surface area contributed by atoms with Crippen LogP contribution in [0.1, 0.15) is 232 Å². The maximum Gasteiger partial charge on any atom is 0.472 e. The van der Waals surface area contributed by atoms with E-state index in [1.807, 2.05) is 0 Å². The molecule has 0 fully saturated rings. The zero-order valence-corrected chi connectivity index (χ0v) is 35.7. The van der Waals surface area contributed by atoms with Crippen LogP contribution in [0.25, 0.3) is 0 Å². The van der Waals surface area contributed by atoms with E-state index in [2.05, 4.69) is 13.8 Å². The van der Waals surface area contributed by atoms with Crippen LogP contribution in [0.2, 0.25) is 0 Å². The van der Waals surface area contributed by atoms with Crippen LogP contribution >= 0.6 is 7.82 Å². The van der Waals surface area contributed by atoms with Crippen molar-refractivity contribution in [1.82, 2.24) is 0 Å². The lowest BCUT2D eigenvalue weighted by Gasteiger charge is -2.19. The fourth-order valence-electron chi connectivity index (χ4n) is 6.64. The van der Waals surface area contributed by atoms with Crippen molar-refractivity contribution in [3.05, 3.63) is 0 Å². The topological polar surface area (TPSA) is 134 Å². The maximum absolute atomic E-state index is 12.6. The number of hydrogen-bond acceptors (Lipinski definition) is 8. The highest BCUT2D eigenvalue weighted by Crippen LogP contribution is 2.43. The Morgan fingerprint density at radius 1 is 0.491 bits per heavy atom. The molecular formula is C43H86NO8P. The Hall–Kier alpha value is -0.990. The van der Waals surface area contributed by atoms with Gasteiger partial charge in [-0.1, -0.05) is 206 Å². The Bertz CT molecular complexity index is 845. The molecule has 0 saturated carbocycles. The molecule has 0 bridgehead atoms. The van der Waals surface area contributed by atoms with Crippen LogP contribution in [-0.4, -0.2) is 49.3 Å². The van der Waals surface area contributed by atoms with Crippen molar-refractivity contribution in [2.45, 2.75) is 238 Å². The molecular weight excluding hydrogens is 689 g/mol. The van der Waals surface area contributed by atoms with Gasteiger partial charge < -0.3 is 20.1 Å².